The summed E-state index contributed by atoms with van der Waals surface area (Å²) in [6.07, 6.45) is 9.42. The molecular formula is C16H30O2. The van der Waals surface area contributed by atoms with Crippen molar-refractivity contribution in [2.45, 2.75) is 78.7 Å². The fraction of sp³-hybridized carbons (Fsp3) is 0.812. The van der Waals surface area contributed by atoms with E-state index in [4.69, 9.17) is 4.74 Å². The van der Waals surface area contributed by atoms with E-state index in [9.17, 15) is 4.79 Å². The summed E-state index contributed by atoms with van der Waals surface area (Å²) in [5, 5.41) is 0. The third kappa shape index (κ3) is 10.4. The molecule has 2 heteroatoms. The average molecular weight is 254 g/mol. The molecule has 2 nitrogen and oxygen atoms in total. The Bertz CT molecular complexity index is 238. The van der Waals surface area contributed by atoms with E-state index < -0.39 is 0 Å². The number of carbonyl (C=O) groups is 1. The molecule has 0 saturated heterocycles. The van der Waals surface area contributed by atoms with Gasteiger partial charge in [0.1, 0.15) is 6.10 Å². The first-order valence-corrected chi connectivity index (χ1v) is 7.22. The van der Waals surface area contributed by atoms with Crippen LogP contribution in [0.15, 0.2) is 12.7 Å². The maximum Gasteiger partial charge on any atom is 0.330 e. The second-order valence-electron chi connectivity index (χ2n) is 6.18. The zero-order chi connectivity index (χ0) is 14.0. The molecular weight excluding hydrogens is 224 g/mol. The molecule has 0 aromatic heterocycles. The minimum absolute atomic E-state index is 0.0677. The second-order valence-corrected chi connectivity index (χ2v) is 6.18. The van der Waals surface area contributed by atoms with Crippen molar-refractivity contribution in [2.75, 3.05) is 0 Å². The molecule has 0 aromatic carbocycles. The predicted molar refractivity (Wildman–Crippen MR) is 77.5 cm³/mol. The van der Waals surface area contributed by atoms with Crippen LogP contribution in [0.3, 0.4) is 0 Å². The van der Waals surface area contributed by atoms with E-state index >= 15 is 0 Å². The number of hydrogen-bond acceptors (Lipinski definition) is 2. The monoisotopic (exact) mass is 254 g/mol. The Labute approximate surface area is 113 Å². The third-order valence-corrected chi connectivity index (χ3v) is 3.11. The summed E-state index contributed by atoms with van der Waals surface area (Å²) in [6, 6.07) is 0. The normalized spacial score (nSPS) is 13.1. The zero-order valence-corrected chi connectivity index (χ0v) is 12.6. The SMILES string of the molecule is C=CC(=O)OC(CC)CCCCCCC(C)(C)C. The lowest BCUT2D eigenvalue weighted by molar-refractivity contribution is -0.143. The van der Waals surface area contributed by atoms with E-state index in [1.165, 1.54) is 31.8 Å². The topological polar surface area (TPSA) is 26.3 Å². The van der Waals surface area contributed by atoms with E-state index in [1.807, 2.05) is 0 Å². The Kier molecular flexibility index (Phi) is 8.78. The van der Waals surface area contributed by atoms with E-state index in [0.717, 1.165) is 19.3 Å². The molecule has 0 amide bonds. The molecule has 0 aliphatic heterocycles. The van der Waals surface area contributed by atoms with Crippen molar-refractivity contribution in [3.63, 3.8) is 0 Å². The van der Waals surface area contributed by atoms with Crippen LogP contribution in [0.1, 0.15) is 72.6 Å². The van der Waals surface area contributed by atoms with Crippen molar-refractivity contribution < 1.29 is 9.53 Å². The van der Waals surface area contributed by atoms with Gasteiger partial charge >= 0.3 is 5.97 Å². The molecule has 0 aliphatic carbocycles. The van der Waals surface area contributed by atoms with E-state index in [1.54, 1.807) is 0 Å². The largest absolute Gasteiger partial charge is 0.459 e. The standard InChI is InChI=1S/C16H30O2/c1-6-14(18-15(17)7-2)12-10-8-9-11-13-16(3,4)5/h7,14H,2,6,8-13H2,1,3-5H3. The zero-order valence-electron chi connectivity index (χ0n) is 12.6. The number of carbonyl (C=O) groups excluding carboxylic acids is 1. The highest BCUT2D eigenvalue weighted by Gasteiger charge is 2.11. The van der Waals surface area contributed by atoms with Crippen LogP contribution in [-0.2, 0) is 9.53 Å². The van der Waals surface area contributed by atoms with Gasteiger partial charge in [0.15, 0.2) is 0 Å². The highest BCUT2D eigenvalue weighted by Crippen LogP contribution is 2.22. The van der Waals surface area contributed by atoms with Gasteiger partial charge in [-0.3, -0.25) is 0 Å². The van der Waals surface area contributed by atoms with Gasteiger partial charge in [0.05, 0.1) is 0 Å². The van der Waals surface area contributed by atoms with Crippen molar-refractivity contribution in [3.05, 3.63) is 12.7 Å². The van der Waals surface area contributed by atoms with Gasteiger partial charge in [0, 0.05) is 6.08 Å². The first kappa shape index (κ1) is 17.2. The lowest BCUT2D eigenvalue weighted by Gasteiger charge is -2.18. The number of ether oxygens (including phenoxy) is 1. The quantitative estimate of drug-likeness (QED) is 0.333. The van der Waals surface area contributed by atoms with Crippen molar-refractivity contribution >= 4 is 5.97 Å². The Balaban J connectivity index is 3.57. The van der Waals surface area contributed by atoms with Gasteiger partial charge in [-0.2, -0.15) is 0 Å². The Morgan fingerprint density at radius 3 is 2.33 bits per heavy atom. The summed E-state index contributed by atoms with van der Waals surface area (Å²) in [5.41, 5.74) is 0.450. The molecule has 0 N–H and O–H groups in total. The molecule has 18 heavy (non-hydrogen) atoms. The van der Waals surface area contributed by atoms with Gasteiger partial charge in [-0.05, 0) is 31.1 Å². The molecule has 0 rings (SSSR count). The van der Waals surface area contributed by atoms with Gasteiger partial charge in [-0.1, -0.05) is 53.5 Å². The Morgan fingerprint density at radius 1 is 1.22 bits per heavy atom. The van der Waals surface area contributed by atoms with Crippen LogP contribution in [0.5, 0.6) is 0 Å². The van der Waals surface area contributed by atoms with E-state index in [0.29, 0.717) is 5.41 Å². The molecule has 1 atom stereocenters. The molecule has 0 saturated carbocycles. The molecule has 0 fully saturated rings. The van der Waals surface area contributed by atoms with Crippen molar-refractivity contribution in [3.8, 4) is 0 Å². The summed E-state index contributed by atoms with van der Waals surface area (Å²) in [4.78, 5) is 11.1. The van der Waals surface area contributed by atoms with Crippen LogP contribution < -0.4 is 0 Å². The van der Waals surface area contributed by atoms with Gasteiger partial charge in [-0.15, -0.1) is 0 Å². The van der Waals surface area contributed by atoms with Crippen molar-refractivity contribution in [1.82, 2.24) is 0 Å². The lowest BCUT2D eigenvalue weighted by atomic mass is 9.89. The third-order valence-electron chi connectivity index (χ3n) is 3.11. The van der Waals surface area contributed by atoms with Crippen LogP contribution in [0, 0.1) is 5.41 Å². The summed E-state index contributed by atoms with van der Waals surface area (Å²) in [6.45, 7) is 12.3. The highest BCUT2D eigenvalue weighted by atomic mass is 16.5. The van der Waals surface area contributed by atoms with Gasteiger partial charge in [0.25, 0.3) is 0 Å². The molecule has 106 valence electrons. The maximum absolute atomic E-state index is 11.1. The molecule has 0 aromatic rings. The fourth-order valence-corrected chi connectivity index (χ4v) is 1.94. The fourth-order valence-electron chi connectivity index (χ4n) is 1.94. The van der Waals surface area contributed by atoms with Crippen molar-refractivity contribution in [2.24, 2.45) is 5.41 Å². The van der Waals surface area contributed by atoms with Crippen molar-refractivity contribution in [1.29, 1.82) is 0 Å². The molecule has 0 spiro atoms. The smallest absolute Gasteiger partial charge is 0.330 e. The minimum Gasteiger partial charge on any atom is -0.459 e. The number of rotatable bonds is 9. The summed E-state index contributed by atoms with van der Waals surface area (Å²) < 4.78 is 5.25. The summed E-state index contributed by atoms with van der Waals surface area (Å²) >= 11 is 0. The first-order chi connectivity index (χ1) is 8.39. The molecule has 0 bridgehead atoms. The molecule has 1 unspecified atom stereocenters. The molecule has 0 heterocycles. The van der Waals surface area contributed by atoms with Gasteiger partial charge in [-0.25, -0.2) is 4.79 Å². The minimum atomic E-state index is -0.297. The molecule has 0 aliphatic rings. The summed E-state index contributed by atoms with van der Waals surface area (Å²) in [7, 11) is 0. The van der Waals surface area contributed by atoms with Gasteiger partial charge < -0.3 is 4.74 Å². The molecule has 0 radical (unpaired) electrons. The van der Waals surface area contributed by atoms with Crippen LogP contribution in [0.4, 0.5) is 0 Å². The number of unbranched alkanes of at least 4 members (excludes halogenated alkanes) is 3. The average Bonchev–Trinajstić information content (AvgIpc) is 2.30. The number of esters is 1. The Hall–Kier alpha value is -0.790. The predicted octanol–water partition coefficient (Wildman–Crippen LogP) is 4.88. The second kappa shape index (κ2) is 9.18. The summed E-state index contributed by atoms with van der Waals surface area (Å²) in [5.74, 6) is -0.297. The van der Waals surface area contributed by atoms with Gasteiger partial charge in [0.2, 0.25) is 0 Å². The van der Waals surface area contributed by atoms with Crippen LogP contribution >= 0.6 is 0 Å². The number of hydrogen-bond donors (Lipinski definition) is 0. The maximum atomic E-state index is 11.1. The van der Waals surface area contributed by atoms with Crippen LogP contribution in [0.2, 0.25) is 0 Å². The van der Waals surface area contributed by atoms with E-state index in [-0.39, 0.29) is 12.1 Å². The lowest BCUT2D eigenvalue weighted by Crippen LogP contribution is -2.15. The van der Waals surface area contributed by atoms with Crippen LogP contribution in [-0.4, -0.2) is 12.1 Å². The van der Waals surface area contributed by atoms with Crippen LogP contribution in [0.25, 0.3) is 0 Å². The highest BCUT2D eigenvalue weighted by molar-refractivity contribution is 5.81. The van der Waals surface area contributed by atoms with E-state index in [2.05, 4.69) is 34.3 Å². The Morgan fingerprint density at radius 2 is 1.83 bits per heavy atom. The first-order valence-electron chi connectivity index (χ1n) is 7.22.